The molecule has 0 spiro atoms. The molecule has 0 aromatic heterocycles. The third-order valence-electron chi connectivity index (χ3n) is 2.00. The summed E-state index contributed by atoms with van der Waals surface area (Å²) in [6.45, 7) is 3.61. The average molecular weight is 177 g/mol. The summed E-state index contributed by atoms with van der Waals surface area (Å²) in [7, 11) is 0. The summed E-state index contributed by atoms with van der Waals surface area (Å²) in [6, 6.07) is 7.39. The molecule has 0 radical (unpaired) electrons. The second-order valence-corrected chi connectivity index (χ2v) is 3.01. The lowest BCUT2D eigenvalue weighted by Crippen LogP contribution is -2.01. The van der Waals surface area contributed by atoms with E-state index < -0.39 is 6.10 Å². The minimum absolute atomic E-state index is 0.473. The molecule has 0 aliphatic heterocycles. The van der Waals surface area contributed by atoms with Crippen LogP contribution in [0.2, 0.25) is 0 Å². The van der Waals surface area contributed by atoms with E-state index in [0.717, 1.165) is 12.0 Å². The summed E-state index contributed by atoms with van der Waals surface area (Å²) in [4.78, 5) is 0. The van der Waals surface area contributed by atoms with E-state index in [1.165, 1.54) is 0 Å². The number of nitrogen functional groups attached to an aromatic ring is 1. The molecule has 1 aromatic rings. The fourth-order valence-electron chi connectivity index (χ4n) is 1.25. The Bertz CT molecular complexity index is 283. The number of aliphatic hydroxyl groups is 1. The second-order valence-electron chi connectivity index (χ2n) is 3.01. The Morgan fingerprint density at radius 2 is 2.15 bits per heavy atom. The first-order chi connectivity index (χ1) is 6.25. The molecule has 2 heteroatoms. The topological polar surface area (TPSA) is 46.2 Å². The molecule has 1 aromatic carbocycles. The molecule has 0 amide bonds. The number of hydrogen-bond acceptors (Lipinski definition) is 2. The van der Waals surface area contributed by atoms with Crippen LogP contribution in [-0.4, -0.2) is 5.11 Å². The predicted molar refractivity (Wildman–Crippen MR) is 55.2 cm³/mol. The van der Waals surface area contributed by atoms with Gasteiger partial charge in [-0.05, 0) is 18.9 Å². The standard InChI is InChI=1S/C11H15NO/c1-2-3-8-11(13)9-6-4-5-7-10(9)12/h2,4-7,11,13H,1,3,8,12H2. The summed E-state index contributed by atoms with van der Waals surface area (Å²) in [5, 5.41) is 9.70. The monoisotopic (exact) mass is 177 g/mol. The van der Waals surface area contributed by atoms with Crippen molar-refractivity contribution in [1.82, 2.24) is 0 Å². The van der Waals surface area contributed by atoms with Crippen molar-refractivity contribution in [3.8, 4) is 0 Å². The van der Waals surface area contributed by atoms with Crippen LogP contribution in [-0.2, 0) is 0 Å². The number of aliphatic hydroxyl groups excluding tert-OH is 1. The molecule has 3 N–H and O–H groups in total. The first kappa shape index (κ1) is 9.81. The van der Waals surface area contributed by atoms with Gasteiger partial charge in [0.1, 0.15) is 0 Å². The highest BCUT2D eigenvalue weighted by atomic mass is 16.3. The molecule has 70 valence electrons. The molecule has 2 nitrogen and oxygen atoms in total. The van der Waals surface area contributed by atoms with Crippen LogP contribution in [0.15, 0.2) is 36.9 Å². The quantitative estimate of drug-likeness (QED) is 0.547. The van der Waals surface area contributed by atoms with E-state index in [4.69, 9.17) is 5.73 Å². The van der Waals surface area contributed by atoms with E-state index >= 15 is 0 Å². The molecule has 0 aliphatic carbocycles. The van der Waals surface area contributed by atoms with Gasteiger partial charge in [0.25, 0.3) is 0 Å². The Balaban J connectivity index is 2.70. The Morgan fingerprint density at radius 1 is 1.46 bits per heavy atom. The van der Waals surface area contributed by atoms with Crippen LogP contribution >= 0.6 is 0 Å². The lowest BCUT2D eigenvalue weighted by Gasteiger charge is -2.11. The maximum absolute atomic E-state index is 9.70. The van der Waals surface area contributed by atoms with Crippen molar-refractivity contribution in [3.05, 3.63) is 42.5 Å². The fourth-order valence-corrected chi connectivity index (χ4v) is 1.25. The van der Waals surface area contributed by atoms with Crippen molar-refractivity contribution in [2.75, 3.05) is 5.73 Å². The number of allylic oxidation sites excluding steroid dienone is 1. The molecule has 0 fully saturated rings. The van der Waals surface area contributed by atoms with Gasteiger partial charge in [-0.25, -0.2) is 0 Å². The summed E-state index contributed by atoms with van der Waals surface area (Å²) in [5.41, 5.74) is 7.17. The summed E-state index contributed by atoms with van der Waals surface area (Å²) in [5.74, 6) is 0. The van der Waals surface area contributed by atoms with E-state index in [1.54, 1.807) is 12.1 Å². The zero-order chi connectivity index (χ0) is 9.68. The highest BCUT2D eigenvalue weighted by Gasteiger charge is 2.08. The number of para-hydroxylation sites is 1. The van der Waals surface area contributed by atoms with Gasteiger partial charge in [-0.1, -0.05) is 24.3 Å². The molecule has 0 saturated carbocycles. The van der Waals surface area contributed by atoms with Gasteiger partial charge in [-0.3, -0.25) is 0 Å². The van der Waals surface area contributed by atoms with Gasteiger partial charge < -0.3 is 10.8 Å². The van der Waals surface area contributed by atoms with Crippen LogP contribution in [0, 0.1) is 0 Å². The number of rotatable bonds is 4. The normalized spacial score (nSPS) is 12.4. The zero-order valence-electron chi connectivity index (χ0n) is 7.61. The smallest absolute Gasteiger partial charge is 0.0812 e. The molecule has 1 atom stereocenters. The number of nitrogens with two attached hydrogens (primary N) is 1. The number of anilines is 1. The van der Waals surface area contributed by atoms with Crippen LogP contribution in [0.5, 0.6) is 0 Å². The highest BCUT2D eigenvalue weighted by molar-refractivity contribution is 5.47. The van der Waals surface area contributed by atoms with Crippen molar-refractivity contribution in [2.24, 2.45) is 0 Å². The van der Waals surface area contributed by atoms with Gasteiger partial charge in [0.2, 0.25) is 0 Å². The van der Waals surface area contributed by atoms with E-state index in [1.807, 2.05) is 18.2 Å². The molecule has 1 unspecified atom stereocenters. The van der Waals surface area contributed by atoms with Crippen molar-refractivity contribution < 1.29 is 5.11 Å². The van der Waals surface area contributed by atoms with Crippen LogP contribution in [0.4, 0.5) is 5.69 Å². The largest absolute Gasteiger partial charge is 0.398 e. The van der Waals surface area contributed by atoms with Crippen molar-refractivity contribution in [3.63, 3.8) is 0 Å². The highest BCUT2D eigenvalue weighted by Crippen LogP contribution is 2.23. The summed E-state index contributed by atoms with van der Waals surface area (Å²) >= 11 is 0. The fraction of sp³-hybridized carbons (Fsp3) is 0.273. The minimum atomic E-state index is -0.473. The van der Waals surface area contributed by atoms with Gasteiger partial charge in [0.05, 0.1) is 6.10 Å². The van der Waals surface area contributed by atoms with Gasteiger partial charge in [-0.15, -0.1) is 6.58 Å². The molecular weight excluding hydrogens is 162 g/mol. The molecule has 0 heterocycles. The van der Waals surface area contributed by atoms with E-state index in [2.05, 4.69) is 6.58 Å². The second kappa shape index (κ2) is 4.67. The van der Waals surface area contributed by atoms with Crippen LogP contribution in [0.25, 0.3) is 0 Å². The molecule has 0 saturated heterocycles. The first-order valence-electron chi connectivity index (χ1n) is 4.39. The van der Waals surface area contributed by atoms with Crippen LogP contribution in [0.3, 0.4) is 0 Å². The van der Waals surface area contributed by atoms with Crippen LogP contribution in [0.1, 0.15) is 24.5 Å². The van der Waals surface area contributed by atoms with Gasteiger partial charge in [0.15, 0.2) is 0 Å². The first-order valence-corrected chi connectivity index (χ1v) is 4.39. The SMILES string of the molecule is C=CCCC(O)c1ccccc1N. The van der Waals surface area contributed by atoms with Gasteiger partial charge in [0, 0.05) is 11.3 Å². The summed E-state index contributed by atoms with van der Waals surface area (Å²) in [6.07, 6.45) is 2.80. The lowest BCUT2D eigenvalue weighted by molar-refractivity contribution is 0.169. The van der Waals surface area contributed by atoms with Crippen molar-refractivity contribution in [1.29, 1.82) is 0 Å². The van der Waals surface area contributed by atoms with E-state index in [0.29, 0.717) is 12.1 Å². The summed E-state index contributed by atoms with van der Waals surface area (Å²) < 4.78 is 0. The third kappa shape index (κ3) is 2.60. The van der Waals surface area contributed by atoms with Gasteiger partial charge >= 0.3 is 0 Å². The zero-order valence-corrected chi connectivity index (χ0v) is 7.61. The Morgan fingerprint density at radius 3 is 2.77 bits per heavy atom. The maximum atomic E-state index is 9.70. The molecule has 13 heavy (non-hydrogen) atoms. The number of hydrogen-bond donors (Lipinski definition) is 2. The van der Waals surface area contributed by atoms with Crippen molar-refractivity contribution >= 4 is 5.69 Å². The Hall–Kier alpha value is -1.28. The van der Waals surface area contributed by atoms with E-state index in [9.17, 15) is 5.11 Å². The molecular formula is C11H15NO. The third-order valence-corrected chi connectivity index (χ3v) is 2.00. The number of benzene rings is 1. The maximum Gasteiger partial charge on any atom is 0.0812 e. The molecule has 0 bridgehead atoms. The Kier molecular flexibility index (Phi) is 3.53. The predicted octanol–water partition coefficient (Wildman–Crippen LogP) is 2.27. The average Bonchev–Trinajstić information content (AvgIpc) is 2.15. The lowest BCUT2D eigenvalue weighted by atomic mass is 10.0. The minimum Gasteiger partial charge on any atom is -0.398 e. The molecule has 0 aliphatic rings. The molecule has 1 rings (SSSR count). The van der Waals surface area contributed by atoms with Crippen molar-refractivity contribution in [2.45, 2.75) is 18.9 Å². The van der Waals surface area contributed by atoms with Gasteiger partial charge in [-0.2, -0.15) is 0 Å². The van der Waals surface area contributed by atoms with E-state index in [-0.39, 0.29) is 0 Å². The Labute approximate surface area is 78.7 Å². The van der Waals surface area contributed by atoms with Crippen LogP contribution < -0.4 is 5.73 Å².